The quantitative estimate of drug-likeness (QED) is 0.549. The lowest BCUT2D eigenvalue weighted by molar-refractivity contribution is -0.141. The number of carboxylic acid groups (broad SMARTS) is 1. The highest BCUT2D eigenvalue weighted by Crippen LogP contribution is 1.95. The number of rotatable bonds is 6. The Kier molecular flexibility index (Phi) is 5.61. The molecule has 0 aromatic rings. The molecule has 0 aromatic heterocycles. The average molecular weight is 177 g/mol. The SMILES string of the molecule is COC(C)OCC[C@H](N)C(=O)O. The Bertz CT molecular complexity index is 139. The lowest BCUT2D eigenvalue weighted by atomic mass is 10.2. The fraction of sp³-hybridized carbons (Fsp3) is 0.857. The fourth-order valence-corrected chi connectivity index (χ4v) is 0.552. The number of nitrogens with two attached hydrogens (primary N) is 1. The van der Waals surface area contributed by atoms with E-state index in [0.29, 0.717) is 13.0 Å². The molecule has 0 rings (SSSR count). The summed E-state index contributed by atoms with van der Waals surface area (Å²) in [4.78, 5) is 10.2. The van der Waals surface area contributed by atoms with Gasteiger partial charge in [-0.25, -0.2) is 0 Å². The van der Waals surface area contributed by atoms with E-state index in [4.69, 9.17) is 20.3 Å². The molecule has 12 heavy (non-hydrogen) atoms. The predicted octanol–water partition coefficient (Wildman–Crippen LogP) is -0.203. The van der Waals surface area contributed by atoms with Gasteiger partial charge in [0.25, 0.3) is 0 Å². The van der Waals surface area contributed by atoms with E-state index in [1.165, 1.54) is 7.11 Å². The molecule has 5 heteroatoms. The smallest absolute Gasteiger partial charge is 0.320 e. The van der Waals surface area contributed by atoms with Crippen LogP contribution in [-0.4, -0.2) is 37.1 Å². The summed E-state index contributed by atoms with van der Waals surface area (Å²) < 4.78 is 9.83. The molecule has 0 aliphatic rings. The van der Waals surface area contributed by atoms with E-state index in [1.54, 1.807) is 6.92 Å². The van der Waals surface area contributed by atoms with Crippen molar-refractivity contribution in [2.75, 3.05) is 13.7 Å². The first-order chi connectivity index (χ1) is 5.57. The van der Waals surface area contributed by atoms with Gasteiger partial charge >= 0.3 is 5.97 Å². The molecule has 0 saturated heterocycles. The second kappa shape index (κ2) is 5.93. The highest BCUT2D eigenvalue weighted by atomic mass is 16.7. The van der Waals surface area contributed by atoms with Gasteiger partial charge in [0.1, 0.15) is 6.04 Å². The van der Waals surface area contributed by atoms with Crippen molar-refractivity contribution in [3.8, 4) is 0 Å². The molecule has 0 spiro atoms. The van der Waals surface area contributed by atoms with Crippen LogP contribution in [0.5, 0.6) is 0 Å². The maximum atomic E-state index is 10.2. The fourth-order valence-electron chi connectivity index (χ4n) is 0.552. The van der Waals surface area contributed by atoms with Crippen molar-refractivity contribution in [1.82, 2.24) is 0 Å². The number of methoxy groups -OCH3 is 1. The molecule has 0 aliphatic heterocycles. The first-order valence-corrected chi connectivity index (χ1v) is 3.70. The first kappa shape index (κ1) is 11.4. The number of hydrogen-bond acceptors (Lipinski definition) is 4. The third-order valence-corrected chi connectivity index (χ3v) is 1.43. The third-order valence-electron chi connectivity index (χ3n) is 1.43. The lowest BCUT2D eigenvalue weighted by Gasteiger charge is -2.11. The van der Waals surface area contributed by atoms with Gasteiger partial charge in [-0.3, -0.25) is 4.79 Å². The zero-order valence-corrected chi connectivity index (χ0v) is 7.32. The van der Waals surface area contributed by atoms with Gasteiger partial charge in [-0.2, -0.15) is 0 Å². The molecule has 0 bridgehead atoms. The second-order valence-corrected chi connectivity index (χ2v) is 2.41. The molecule has 0 saturated carbocycles. The molecule has 2 atom stereocenters. The minimum atomic E-state index is -1.01. The first-order valence-electron chi connectivity index (χ1n) is 3.70. The van der Waals surface area contributed by atoms with Crippen molar-refractivity contribution in [2.45, 2.75) is 25.7 Å². The van der Waals surface area contributed by atoms with Gasteiger partial charge in [0.2, 0.25) is 0 Å². The Morgan fingerprint density at radius 1 is 1.67 bits per heavy atom. The molecule has 0 aliphatic carbocycles. The molecule has 1 unspecified atom stereocenters. The van der Waals surface area contributed by atoms with Crippen LogP contribution in [0.4, 0.5) is 0 Å². The lowest BCUT2D eigenvalue weighted by Crippen LogP contribution is -2.31. The number of carboxylic acids is 1. The summed E-state index contributed by atoms with van der Waals surface area (Å²) in [6, 6.07) is -0.853. The van der Waals surface area contributed by atoms with Crippen molar-refractivity contribution >= 4 is 5.97 Å². The van der Waals surface area contributed by atoms with E-state index in [2.05, 4.69) is 0 Å². The molecule has 3 N–H and O–H groups in total. The Hall–Kier alpha value is -0.650. The minimum Gasteiger partial charge on any atom is -0.480 e. The van der Waals surface area contributed by atoms with Crippen LogP contribution in [0.25, 0.3) is 0 Å². The summed E-state index contributed by atoms with van der Waals surface area (Å²) in [6.07, 6.45) is -0.0192. The molecule has 0 heterocycles. The molecular formula is C7H15NO4. The highest BCUT2D eigenvalue weighted by molar-refractivity contribution is 5.72. The van der Waals surface area contributed by atoms with Crippen molar-refractivity contribution in [3.05, 3.63) is 0 Å². The van der Waals surface area contributed by atoms with Crippen molar-refractivity contribution in [3.63, 3.8) is 0 Å². The summed E-state index contributed by atoms with van der Waals surface area (Å²) in [7, 11) is 1.52. The van der Waals surface area contributed by atoms with Crippen molar-refractivity contribution < 1.29 is 19.4 Å². The summed E-state index contributed by atoms with van der Waals surface area (Å²) in [5.74, 6) is -1.01. The van der Waals surface area contributed by atoms with E-state index in [0.717, 1.165) is 0 Å². The van der Waals surface area contributed by atoms with E-state index in [1.807, 2.05) is 0 Å². The van der Waals surface area contributed by atoms with E-state index in [-0.39, 0.29) is 6.29 Å². The number of hydrogen-bond donors (Lipinski definition) is 2. The van der Waals surface area contributed by atoms with Crippen LogP contribution in [0.1, 0.15) is 13.3 Å². The zero-order valence-electron chi connectivity index (χ0n) is 7.32. The Labute approximate surface area is 71.5 Å². The van der Waals surface area contributed by atoms with Crippen molar-refractivity contribution in [2.24, 2.45) is 5.73 Å². The van der Waals surface area contributed by atoms with E-state index < -0.39 is 12.0 Å². The largest absolute Gasteiger partial charge is 0.480 e. The molecule has 72 valence electrons. The Morgan fingerprint density at radius 3 is 2.67 bits per heavy atom. The normalized spacial score (nSPS) is 15.6. The van der Waals surface area contributed by atoms with Crippen LogP contribution < -0.4 is 5.73 Å². The van der Waals surface area contributed by atoms with Gasteiger partial charge in [0.15, 0.2) is 6.29 Å². The van der Waals surface area contributed by atoms with Crippen LogP contribution in [0.15, 0.2) is 0 Å². The Morgan fingerprint density at radius 2 is 2.25 bits per heavy atom. The predicted molar refractivity (Wildman–Crippen MR) is 42.7 cm³/mol. The third kappa shape index (κ3) is 5.06. The molecular weight excluding hydrogens is 162 g/mol. The standard InChI is InChI=1S/C7H15NO4/c1-5(11-2)12-4-3-6(8)7(9)10/h5-6H,3-4,8H2,1-2H3,(H,9,10)/t5?,6-/m0/s1. The van der Waals surface area contributed by atoms with E-state index in [9.17, 15) is 4.79 Å². The summed E-state index contributed by atoms with van der Waals surface area (Å²) in [6.45, 7) is 2.02. The molecule has 0 radical (unpaired) electrons. The molecule has 0 aromatic carbocycles. The number of aliphatic carboxylic acids is 1. The topological polar surface area (TPSA) is 81.8 Å². The zero-order chi connectivity index (χ0) is 9.56. The van der Waals surface area contributed by atoms with E-state index >= 15 is 0 Å². The van der Waals surface area contributed by atoms with Crippen LogP contribution in [0.3, 0.4) is 0 Å². The second-order valence-electron chi connectivity index (χ2n) is 2.41. The maximum absolute atomic E-state index is 10.2. The summed E-state index contributed by atoms with van der Waals surface area (Å²) in [5, 5.41) is 8.39. The van der Waals surface area contributed by atoms with Crippen LogP contribution in [0.2, 0.25) is 0 Å². The summed E-state index contributed by atoms with van der Waals surface area (Å²) in [5.41, 5.74) is 5.22. The molecule has 5 nitrogen and oxygen atoms in total. The number of ether oxygens (including phenoxy) is 2. The van der Waals surface area contributed by atoms with Crippen molar-refractivity contribution in [1.29, 1.82) is 0 Å². The monoisotopic (exact) mass is 177 g/mol. The van der Waals surface area contributed by atoms with Gasteiger partial charge in [0.05, 0.1) is 6.61 Å². The van der Waals surface area contributed by atoms with Crippen LogP contribution in [-0.2, 0) is 14.3 Å². The minimum absolute atomic E-state index is 0.294. The highest BCUT2D eigenvalue weighted by Gasteiger charge is 2.11. The average Bonchev–Trinajstić information content (AvgIpc) is 2.03. The van der Waals surface area contributed by atoms with Gasteiger partial charge in [0, 0.05) is 7.11 Å². The van der Waals surface area contributed by atoms with Crippen LogP contribution >= 0.6 is 0 Å². The molecule has 0 fully saturated rings. The van der Waals surface area contributed by atoms with Gasteiger partial charge in [-0.1, -0.05) is 0 Å². The van der Waals surface area contributed by atoms with Crippen LogP contribution in [0, 0.1) is 0 Å². The van der Waals surface area contributed by atoms with Gasteiger partial charge < -0.3 is 20.3 Å². The van der Waals surface area contributed by atoms with Gasteiger partial charge in [-0.15, -0.1) is 0 Å². The Balaban J connectivity index is 3.37. The molecule has 0 amide bonds. The maximum Gasteiger partial charge on any atom is 0.320 e. The summed E-state index contributed by atoms with van der Waals surface area (Å²) >= 11 is 0. The van der Waals surface area contributed by atoms with Gasteiger partial charge in [-0.05, 0) is 13.3 Å². The number of carbonyl (C=O) groups is 1.